The van der Waals surface area contributed by atoms with Crippen LogP contribution in [0.25, 0.3) is 0 Å². The van der Waals surface area contributed by atoms with Gasteiger partial charge in [0.25, 0.3) is 0 Å². The van der Waals surface area contributed by atoms with E-state index in [1.807, 2.05) is 18.2 Å². The largest absolute Gasteiger partial charge is 0.497 e. The number of methoxy groups -OCH3 is 1. The van der Waals surface area contributed by atoms with Crippen LogP contribution in [0.3, 0.4) is 0 Å². The number of nitrogens with one attached hydrogen (secondary N) is 1. The molecule has 13 heavy (non-hydrogen) atoms. The van der Waals surface area contributed by atoms with Crippen LogP contribution in [0.2, 0.25) is 5.02 Å². The minimum absolute atomic E-state index is 0.731. The van der Waals surface area contributed by atoms with Crippen LogP contribution in [0.5, 0.6) is 5.75 Å². The van der Waals surface area contributed by atoms with Gasteiger partial charge in [-0.1, -0.05) is 18.5 Å². The number of anilines is 1. The molecule has 1 rings (SSSR count). The molecule has 0 aliphatic rings. The highest BCUT2D eigenvalue weighted by Crippen LogP contribution is 2.26. The molecule has 0 saturated carbocycles. The first-order chi connectivity index (χ1) is 6.27. The Kier molecular flexibility index (Phi) is 3.90. The number of rotatable bonds is 4. The van der Waals surface area contributed by atoms with Crippen molar-refractivity contribution in [3.05, 3.63) is 23.2 Å². The van der Waals surface area contributed by atoms with Crippen LogP contribution in [0.15, 0.2) is 18.2 Å². The topological polar surface area (TPSA) is 21.3 Å². The average molecular weight is 200 g/mol. The lowest BCUT2D eigenvalue weighted by molar-refractivity contribution is 0.415. The monoisotopic (exact) mass is 199 g/mol. The second-order valence-electron chi connectivity index (χ2n) is 2.77. The molecule has 0 aromatic heterocycles. The number of hydrogen-bond donors (Lipinski definition) is 1. The summed E-state index contributed by atoms with van der Waals surface area (Å²) in [6.07, 6.45) is 1.08. The van der Waals surface area contributed by atoms with Crippen LogP contribution in [-0.2, 0) is 0 Å². The van der Waals surface area contributed by atoms with Gasteiger partial charge >= 0.3 is 0 Å². The summed E-state index contributed by atoms with van der Waals surface area (Å²) in [5.41, 5.74) is 0.933. The molecule has 1 aromatic carbocycles. The molecule has 72 valence electrons. The zero-order chi connectivity index (χ0) is 9.68. The maximum Gasteiger partial charge on any atom is 0.121 e. The Hall–Kier alpha value is -0.890. The Morgan fingerprint density at radius 3 is 2.85 bits per heavy atom. The summed E-state index contributed by atoms with van der Waals surface area (Å²) < 4.78 is 5.09. The van der Waals surface area contributed by atoms with Gasteiger partial charge in [-0.3, -0.25) is 0 Å². The van der Waals surface area contributed by atoms with Crippen LogP contribution in [0.4, 0.5) is 5.69 Å². The maximum atomic E-state index is 5.97. The molecule has 0 atom stereocenters. The highest BCUT2D eigenvalue weighted by atomic mass is 35.5. The van der Waals surface area contributed by atoms with Crippen LogP contribution >= 0.6 is 11.6 Å². The van der Waals surface area contributed by atoms with E-state index in [0.29, 0.717) is 0 Å². The minimum Gasteiger partial charge on any atom is -0.497 e. The normalized spacial score (nSPS) is 9.77. The van der Waals surface area contributed by atoms with E-state index in [4.69, 9.17) is 16.3 Å². The first-order valence-electron chi connectivity index (χ1n) is 4.35. The molecule has 0 heterocycles. The zero-order valence-electron chi connectivity index (χ0n) is 7.93. The van der Waals surface area contributed by atoms with Crippen molar-refractivity contribution in [3.8, 4) is 5.75 Å². The van der Waals surface area contributed by atoms with E-state index in [9.17, 15) is 0 Å². The molecular formula is C10H14ClNO. The molecule has 0 aliphatic carbocycles. The molecule has 0 spiro atoms. The second kappa shape index (κ2) is 4.97. The van der Waals surface area contributed by atoms with Gasteiger partial charge in [-0.15, -0.1) is 0 Å². The lowest BCUT2D eigenvalue weighted by Crippen LogP contribution is -2.00. The fraction of sp³-hybridized carbons (Fsp3) is 0.400. The smallest absolute Gasteiger partial charge is 0.121 e. The molecule has 2 nitrogen and oxygen atoms in total. The molecule has 0 radical (unpaired) electrons. The number of benzene rings is 1. The molecule has 0 unspecified atom stereocenters. The van der Waals surface area contributed by atoms with Gasteiger partial charge in [0, 0.05) is 12.6 Å². The summed E-state index contributed by atoms with van der Waals surface area (Å²) in [7, 11) is 1.65. The molecule has 0 aliphatic heterocycles. The molecule has 1 aromatic rings. The Balaban J connectivity index is 2.78. The van der Waals surface area contributed by atoms with Gasteiger partial charge in [-0.25, -0.2) is 0 Å². The number of halogens is 1. The third-order valence-corrected chi connectivity index (χ3v) is 2.07. The third-order valence-electron chi connectivity index (χ3n) is 1.74. The average Bonchev–Trinajstić information content (AvgIpc) is 2.17. The summed E-state index contributed by atoms with van der Waals surface area (Å²) in [6, 6.07) is 5.58. The number of hydrogen-bond acceptors (Lipinski definition) is 2. The van der Waals surface area contributed by atoms with Crippen molar-refractivity contribution in [2.45, 2.75) is 13.3 Å². The Morgan fingerprint density at radius 2 is 2.23 bits per heavy atom. The van der Waals surface area contributed by atoms with Crippen molar-refractivity contribution in [3.63, 3.8) is 0 Å². The SMILES string of the molecule is CCCNc1cc(OC)ccc1Cl. The van der Waals surface area contributed by atoms with Gasteiger partial charge in [0.1, 0.15) is 5.75 Å². The van der Waals surface area contributed by atoms with Crippen molar-refractivity contribution < 1.29 is 4.74 Å². The molecule has 0 bridgehead atoms. The standard InChI is InChI=1S/C10H14ClNO/c1-3-6-12-10-7-8(13-2)4-5-9(10)11/h4-5,7,12H,3,6H2,1-2H3. The molecule has 0 saturated heterocycles. The van der Waals surface area contributed by atoms with Gasteiger partial charge in [0.2, 0.25) is 0 Å². The molecule has 1 N–H and O–H groups in total. The fourth-order valence-corrected chi connectivity index (χ4v) is 1.21. The number of ether oxygens (including phenoxy) is 1. The summed E-state index contributed by atoms with van der Waals surface area (Å²) in [4.78, 5) is 0. The van der Waals surface area contributed by atoms with E-state index in [1.165, 1.54) is 0 Å². The molecule has 0 fully saturated rings. The van der Waals surface area contributed by atoms with Crippen LogP contribution in [-0.4, -0.2) is 13.7 Å². The lowest BCUT2D eigenvalue weighted by atomic mass is 10.3. The predicted octanol–water partition coefficient (Wildman–Crippen LogP) is 3.17. The third kappa shape index (κ3) is 2.81. The van der Waals surface area contributed by atoms with E-state index in [2.05, 4.69) is 12.2 Å². The summed E-state index contributed by atoms with van der Waals surface area (Å²) in [6.45, 7) is 3.04. The van der Waals surface area contributed by atoms with Crippen molar-refractivity contribution in [2.75, 3.05) is 19.0 Å². The highest BCUT2D eigenvalue weighted by Gasteiger charge is 2.00. The quantitative estimate of drug-likeness (QED) is 0.805. The Labute approximate surface area is 83.9 Å². The minimum atomic E-state index is 0.731. The van der Waals surface area contributed by atoms with Crippen molar-refractivity contribution in [1.82, 2.24) is 0 Å². The van der Waals surface area contributed by atoms with E-state index in [-0.39, 0.29) is 0 Å². The molecular weight excluding hydrogens is 186 g/mol. The summed E-state index contributed by atoms with van der Waals surface area (Å²) in [5, 5.41) is 3.96. The van der Waals surface area contributed by atoms with Gasteiger partial charge < -0.3 is 10.1 Å². The van der Waals surface area contributed by atoms with Gasteiger partial charge in [-0.2, -0.15) is 0 Å². The van der Waals surface area contributed by atoms with Gasteiger partial charge in [-0.05, 0) is 18.6 Å². The van der Waals surface area contributed by atoms with Crippen molar-refractivity contribution in [1.29, 1.82) is 0 Å². The van der Waals surface area contributed by atoms with E-state index in [1.54, 1.807) is 7.11 Å². The van der Waals surface area contributed by atoms with Crippen LogP contribution < -0.4 is 10.1 Å². The Morgan fingerprint density at radius 1 is 1.46 bits per heavy atom. The van der Waals surface area contributed by atoms with E-state index in [0.717, 1.165) is 29.4 Å². The van der Waals surface area contributed by atoms with Crippen LogP contribution in [0, 0.1) is 0 Å². The van der Waals surface area contributed by atoms with Crippen molar-refractivity contribution in [2.24, 2.45) is 0 Å². The predicted molar refractivity (Wildman–Crippen MR) is 56.8 cm³/mol. The first kappa shape index (κ1) is 10.2. The highest BCUT2D eigenvalue weighted by molar-refractivity contribution is 6.33. The first-order valence-corrected chi connectivity index (χ1v) is 4.73. The van der Waals surface area contributed by atoms with E-state index >= 15 is 0 Å². The lowest BCUT2D eigenvalue weighted by Gasteiger charge is -2.08. The molecule has 0 amide bonds. The van der Waals surface area contributed by atoms with E-state index < -0.39 is 0 Å². The van der Waals surface area contributed by atoms with Crippen molar-refractivity contribution >= 4 is 17.3 Å². The maximum absolute atomic E-state index is 5.97. The second-order valence-corrected chi connectivity index (χ2v) is 3.18. The summed E-state index contributed by atoms with van der Waals surface area (Å²) in [5.74, 6) is 0.822. The fourth-order valence-electron chi connectivity index (χ4n) is 1.03. The van der Waals surface area contributed by atoms with Gasteiger partial charge in [0.05, 0.1) is 17.8 Å². The summed E-state index contributed by atoms with van der Waals surface area (Å²) >= 11 is 5.97. The zero-order valence-corrected chi connectivity index (χ0v) is 8.69. The molecule has 3 heteroatoms. The van der Waals surface area contributed by atoms with Crippen LogP contribution in [0.1, 0.15) is 13.3 Å². The Bertz CT molecular complexity index is 276. The van der Waals surface area contributed by atoms with Gasteiger partial charge in [0.15, 0.2) is 0 Å².